The van der Waals surface area contributed by atoms with Crippen molar-refractivity contribution >= 4 is 16.9 Å². The third kappa shape index (κ3) is 3.84. The predicted molar refractivity (Wildman–Crippen MR) is 100 cm³/mol. The van der Waals surface area contributed by atoms with Gasteiger partial charge in [-0.3, -0.25) is 14.6 Å². The molecule has 0 radical (unpaired) electrons. The first-order chi connectivity index (χ1) is 13.1. The van der Waals surface area contributed by atoms with E-state index in [4.69, 9.17) is 0 Å². The minimum Gasteiger partial charge on any atom is -0.342 e. The van der Waals surface area contributed by atoms with Crippen LogP contribution in [0.15, 0.2) is 40.1 Å². The van der Waals surface area contributed by atoms with Crippen molar-refractivity contribution < 1.29 is 4.79 Å². The lowest BCUT2D eigenvalue weighted by Crippen LogP contribution is -2.42. The van der Waals surface area contributed by atoms with Gasteiger partial charge in [0.05, 0.1) is 17.5 Å². The Hall–Kier alpha value is -3.16. The number of carbonyl (C=O) groups is 1. The van der Waals surface area contributed by atoms with Crippen molar-refractivity contribution in [2.45, 2.75) is 25.7 Å². The van der Waals surface area contributed by atoms with Gasteiger partial charge in [-0.1, -0.05) is 12.1 Å². The minimum atomic E-state index is -0.569. The van der Waals surface area contributed by atoms with Gasteiger partial charge in [0.1, 0.15) is 5.82 Å². The number of benzene rings is 1. The van der Waals surface area contributed by atoms with E-state index in [-0.39, 0.29) is 17.9 Å². The zero-order valence-corrected chi connectivity index (χ0v) is 14.8. The lowest BCUT2D eigenvalue weighted by atomic mass is 9.94. The van der Waals surface area contributed by atoms with Gasteiger partial charge in [0.25, 0.3) is 5.56 Å². The molecule has 8 heteroatoms. The molecule has 0 bridgehead atoms. The van der Waals surface area contributed by atoms with Crippen molar-refractivity contribution in [3.8, 4) is 0 Å². The van der Waals surface area contributed by atoms with E-state index in [2.05, 4.69) is 19.9 Å². The molecule has 1 saturated heterocycles. The summed E-state index contributed by atoms with van der Waals surface area (Å²) < 4.78 is 0. The normalized spacial score (nSPS) is 17.3. The number of amides is 1. The van der Waals surface area contributed by atoms with Crippen molar-refractivity contribution in [3.63, 3.8) is 0 Å². The van der Waals surface area contributed by atoms with E-state index in [1.54, 1.807) is 4.90 Å². The quantitative estimate of drug-likeness (QED) is 0.637. The Labute approximate surface area is 154 Å². The van der Waals surface area contributed by atoms with E-state index in [1.165, 1.54) is 6.20 Å². The molecule has 1 aliphatic heterocycles. The first-order valence-electron chi connectivity index (χ1n) is 9.11. The van der Waals surface area contributed by atoms with Gasteiger partial charge in [-0.05, 0) is 30.9 Å². The van der Waals surface area contributed by atoms with E-state index in [9.17, 15) is 14.4 Å². The smallest absolute Gasteiger partial charge is 0.325 e. The van der Waals surface area contributed by atoms with Gasteiger partial charge in [0.2, 0.25) is 5.91 Å². The molecule has 1 aliphatic rings. The number of aromatic nitrogens is 4. The number of carbonyl (C=O) groups excluding carboxylic acids is 1. The number of imidazole rings is 1. The van der Waals surface area contributed by atoms with Gasteiger partial charge in [0, 0.05) is 31.3 Å². The van der Waals surface area contributed by atoms with Crippen molar-refractivity contribution in [1.29, 1.82) is 0 Å². The minimum absolute atomic E-state index is 0.0104. The molecule has 3 heterocycles. The largest absolute Gasteiger partial charge is 0.342 e. The zero-order chi connectivity index (χ0) is 18.8. The van der Waals surface area contributed by atoms with Gasteiger partial charge >= 0.3 is 5.69 Å². The Kier molecular flexibility index (Phi) is 4.62. The van der Waals surface area contributed by atoms with Gasteiger partial charge in [0.15, 0.2) is 0 Å². The van der Waals surface area contributed by atoms with Crippen LogP contribution in [0.5, 0.6) is 0 Å². The fourth-order valence-electron chi connectivity index (χ4n) is 3.68. The molecule has 1 amide bonds. The summed E-state index contributed by atoms with van der Waals surface area (Å²) in [4.78, 5) is 49.8. The Balaban J connectivity index is 1.41. The number of piperidine rings is 1. The van der Waals surface area contributed by atoms with Gasteiger partial charge in [-0.15, -0.1) is 0 Å². The molecule has 8 nitrogen and oxygen atoms in total. The molecule has 0 spiro atoms. The van der Waals surface area contributed by atoms with Crippen molar-refractivity contribution in [2.24, 2.45) is 5.92 Å². The number of para-hydroxylation sites is 2. The summed E-state index contributed by atoms with van der Waals surface area (Å²) in [5, 5.41) is 0. The second kappa shape index (κ2) is 7.22. The summed E-state index contributed by atoms with van der Waals surface area (Å²) in [5.41, 5.74) is 1.17. The van der Waals surface area contributed by atoms with Crippen molar-refractivity contribution in [3.05, 3.63) is 62.7 Å². The maximum Gasteiger partial charge on any atom is 0.325 e. The molecule has 3 aromatic rings. The third-order valence-electron chi connectivity index (χ3n) is 5.03. The van der Waals surface area contributed by atoms with Crippen LogP contribution in [-0.4, -0.2) is 43.8 Å². The van der Waals surface area contributed by atoms with Crippen LogP contribution in [0, 0.1) is 5.92 Å². The molecule has 1 aromatic carbocycles. The predicted octanol–water partition coefficient (Wildman–Crippen LogP) is 0.963. The molecular formula is C19H21N5O3. The number of rotatable bonds is 4. The topological polar surface area (TPSA) is 115 Å². The molecule has 1 atom stereocenters. The summed E-state index contributed by atoms with van der Waals surface area (Å²) in [6.45, 7) is 1.34. The summed E-state index contributed by atoms with van der Waals surface area (Å²) >= 11 is 0. The van der Waals surface area contributed by atoms with Gasteiger partial charge < -0.3 is 14.9 Å². The fourth-order valence-corrected chi connectivity index (χ4v) is 3.68. The fraction of sp³-hybridized carbons (Fsp3) is 0.368. The Morgan fingerprint density at radius 3 is 2.89 bits per heavy atom. The van der Waals surface area contributed by atoms with Crippen molar-refractivity contribution in [2.75, 3.05) is 13.1 Å². The standard InChI is InChI=1S/C19H21N5O3/c25-17(9-13-10-20-19(27)23-18(13)26)24-7-3-4-12(11-24)8-16-21-14-5-1-2-6-15(14)22-16/h1-2,5-6,10,12H,3-4,7-9,11H2,(H,21,22)(H2,20,23,26,27)/t12-/m1/s1. The SMILES string of the molecule is O=C(Cc1c[nH]c(=O)[nH]c1=O)N1CCC[C@H](Cc2nc3ccccc3[nH]2)C1. The van der Waals surface area contributed by atoms with Crippen LogP contribution < -0.4 is 11.2 Å². The van der Waals surface area contributed by atoms with Crippen LogP contribution in [0.2, 0.25) is 0 Å². The van der Waals surface area contributed by atoms with Crippen LogP contribution in [0.1, 0.15) is 24.2 Å². The number of nitrogens with one attached hydrogen (secondary N) is 3. The van der Waals surface area contributed by atoms with Crippen LogP contribution in [0.4, 0.5) is 0 Å². The maximum atomic E-state index is 12.6. The number of nitrogens with zero attached hydrogens (tertiary/aromatic N) is 2. The highest BCUT2D eigenvalue weighted by molar-refractivity contribution is 5.78. The highest BCUT2D eigenvalue weighted by Gasteiger charge is 2.25. The first kappa shape index (κ1) is 17.3. The third-order valence-corrected chi connectivity index (χ3v) is 5.03. The molecule has 0 unspecified atom stereocenters. The monoisotopic (exact) mass is 367 g/mol. The molecule has 0 saturated carbocycles. The number of likely N-dealkylation sites (tertiary alicyclic amines) is 1. The molecule has 2 aromatic heterocycles. The Bertz CT molecular complexity index is 1050. The number of H-pyrrole nitrogens is 3. The second-order valence-electron chi connectivity index (χ2n) is 7.03. The summed E-state index contributed by atoms with van der Waals surface area (Å²) in [7, 11) is 0. The van der Waals surface area contributed by atoms with E-state index in [1.807, 2.05) is 24.3 Å². The average Bonchev–Trinajstić information content (AvgIpc) is 3.06. The average molecular weight is 367 g/mol. The Morgan fingerprint density at radius 1 is 1.22 bits per heavy atom. The first-order valence-corrected chi connectivity index (χ1v) is 9.11. The van der Waals surface area contributed by atoms with Crippen LogP contribution in [0.25, 0.3) is 11.0 Å². The van der Waals surface area contributed by atoms with Crippen LogP contribution in [0.3, 0.4) is 0 Å². The van der Waals surface area contributed by atoms with Gasteiger partial charge in [-0.2, -0.15) is 0 Å². The summed E-state index contributed by atoms with van der Waals surface area (Å²) in [5.74, 6) is 1.17. The number of fused-ring (bicyclic) bond motifs is 1. The molecule has 27 heavy (non-hydrogen) atoms. The maximum absolute atomic E-state index is 12.6. The lowest BCUT2D eigenvalue weighted by Gasteiger charge is -2.32. The molecule has 4 rings (SSSR count). The highest BCUT2D eigenvalue weighted by Crippen LogP contribution is 2.21. The highest BCUT2D eigenvalue weighted by atomic mass is 16.2. The summed E-state index contributed by atoms with van der Waals surface area (Å²) in [6, 6.07) is 7.92. The Morgan fingerprint density at radius 2 is 2.07 bits per heavy atom. The number of hydrogen-bond donors (Lipinski definition) is 3. The van der Waals surface area contributed by atoms with E-state index in [0.29, 0.717) is 19.0 Å². The lowest BCUT2D eigenvalue weighted by molar-refractivity contribution is -0.132. The van der Waals surface area contributed by atoms with Crippen LogP contribution >= 0.6 is 0 Å². The molecule has 3 N–H and O–H groups in total. The number of hydrogen-bond acceptors (Lipinski definition) is 4. The second-order valence-corrected chi connectivity index (χ2v) is 7.03. The van der Waals surface area contributed by atoms with E-state index >= 15 is 0 Å². The number of aromatic amines is 3. The van der Waals surface area contributed by atoms with Gasteiger partial charge in [-0.25, -0.2) is 9.78 Å². The molecule has 1 fully saturated rings. The molecule has 0 aliphatic carbocycles. The summed E-state index contributed by atoms with van der Waals surface area (Å²) in [6.07, 6.45) is 4.06. The van der Waals surface area contributed by atoms with E-state index < -0.39 is 11.2 Å². The van der Waals surface area contributed by atoms with Crippen molar-refractivity contribution in [1.82, 2.24) is 24.8 Å². The van der Waals surface area contributed by atoms with Crippen LogP contribution in [-0.2, 0) is 17.6 Å². The molecular weight excluding hydrogens is 346 g/mol. The molecule has 140 valence electrons. The van der Waals surface area contributed by atoms with E-state index in [0.717, 1.165) is 36.1 Å². The zero-order valence-electron chi connectivity index (χ0n) is 14.8.